The Labute approximate surface area is 311 Å². The highest BCUT2D eigenvalue weighted by molar-refractivity contribution is 6.74. The van der Waals surface area contributed by atoms with Gasteiger partial charge in [-0.3, -0.25) is 0 Å². The lowest BCUT2D eigenvalue weighted by atomic mass is 9.91. The van der Waals surface area contributed by atoms with E-state index in [1.165, 1.54) is 11.1 Å². The second-order valence-corrected chi connectivity index (χ2v) is 20.6. The molecule has 0 saturated carbocycles. The van der Waals surface area contributed by atoms with E-state index in [0.717, 1.165) is 43.4 Å². The van der Waals surface area contributed by atoms with Crippen LogP contribution in [-0.2, 0) is 30.0 Å². The summed E-state index contributed by atoms with van der Waals surface area (Å²) in [6.07, 6.45) is 26.1. The molecule has 0 fully saturated rings. The molecule has 1 aromatic rings. The molecule has 0 N–H and O–H groups in total. The first-order chi connectivity index (χ1) is 24.2. The normalized spacial score (nSPS) is 22.4. The van der Waals surface area contributed by atoms with Crippen molar-refractivity contribution in [3.8, 4) is 18.1 Å². The molecule has 2 aliphatic rings. The van der Waals surface area contributed by atoms with Crippen LogP contribution in [0, 0.1) is 18.3 Å². The molecule has 2 aliphatic heterocycles. The van der Waals surface area contributed by atoms with Crippen LogP contribution in [0.1, 0.15) is 85.1 Å². The summed E-state index contributed by atoms with van der Waals surface area (Å²) < 4.78 is 37.2. The standard InChI is InChI=1S/C44H66O6Si/c1-12-15-38-16-13-17-40(49-38)30-34(3)28-35(4)31-41(50-51(10,11)44(5,6)7)18-14-19-43(48-32-36-20-22-37(45-8)23-21-36)42(46-9)25-24-39-29-33(2)26-27-47-39/h1,13-14,16,18,20-26,34,38-43H,4,15,17,19,27-32H2,2-3,5-11H3/b18-14+,25-24+/t34-,38+,39+,40-,41?,42-,43-/m0/s1. The topological polar surface area (TPSA) is 55.4 Å². The quantitative estimate of drug-likeness (QED) is 0.0760. The molecule has 0 bridgehead atoms. The summed E-state index contributed by atoms with van der Waals surface area (Å²) in [4.78, 5) is 0. The van der Waals surface area contributed by atoms with Crippen molar-refractivity contribution < 1.29 is 28.1 Å². The molecule has 0 aliphatic carbocycles. The molecule has 0 radical (unpaired) electrons. The molecule has 51 heavy (non-hydrogen) atoms. The van der Waals surface area contributed by atoms with Crippen molar-refractivity contribution in [1.82, 2.24) is 0 Å². The minimum Gasteiger partial charge on any atom is -0.497 e. The summed E-state index contributed by atoms with van der Waals surface area (Å²) in [5.74, 6) is 3.99. The Morgan fingerprint density at radius 1 is 1.14 bits per heavy atom. The maximum atomic E-state index is 7.02. The van der Waals surface area contributed by atoms with E-state index in [1.54, 1.807) is 14.2 Å². The average molecular weight is 719 g/mol. The highest BCUT2D eigenvalue weighted by Crippen LogP contribution is 2.38. The van der Waals surface area contributed by atoms with Gasteiger partial charge in [-0.1, -0.05) is 100 Å². The van der Waals surface area contributed by atoms with Crippen molar-refractivity contribution in [3.63, 3.8) is 0 Å². The number of hydrogen-bond acceptors (Lipinski definition) is 6. The van der Waals surface area contributed by atoms with Crippen LogP contribution in [0.5, 0.6) is 5.75 Å². The highest BCUT2D eigenvalue weighted by atomic mass is 28.4. The van der Waals surface area contributed by atoms with Gasteiger partial charge >= 0.3 is 0 Å². The first-order valence-corrected chi connectivity index (χ1v) is 21.6. The Morgan fingerprint density at radius 3 is 2.53 bits per heavy atom. The van der Waals surface area contributed by atoms with E-state index < -0.39 is 8.32 Å². The number of rotatable bonds is 20. The maximum Gasteiger partial charge on any atom is 0.192 e. The smallest absolute Gasteiger partial charge is 0.192 e. The van der Waals surface area contributed by atoms with E-state index in [1.807, 2.05) is 24.3 Å². The molecule has 3 rings (SSSR count). The van der Waals surface area contributed by atoms with Crippen molar-refractivity contribution in [2.24, 2.45) is 5.92 Å². The minimum atomic E-state index is -2.07. The fourth-order valence-electron chi connectivity index (χ4n) is 6.28. The zero-order valence-electron chi connectivity index (χ0n) is 33.0. The number of benzene rings is 1. The Morgan fingerprint density at radius 2 is 1.88 bits per heavy atom. The lowest BCUT2D eigenvalue weighted by Gasteiger charge is -2.39. The molecule has 1 unspecified atom stereocenters. The van der Waals surface area contributed by atoms with Crippen LogP contribution >= 0.6 is 0 Å². The molecule has 7 atom stereocenters. The van der Waals surface area contributed by atoms with Gasteiger partial charge in [-0.2, -0.15) is 0 Å². The molecule has 1 aromatic carbocycles. The Bertz CT molecular complexity index is 1360. The van der Waals surface area contributed by atoms with Crippen LogP contribution in [0.15, 0.2) is 84.5 Å². The van der Waals surface area contributed by atoms with Crippen LogP contribution in [0.4, 0.5) is 0 Å². The van der Waals surface area contributed by atoms with E-state index in [9.17, 15) is 0 Å². The third-order valence-corrected chi connectivity index (χ3v) is 14.7. The number of hydrogen-bond donors (Lipinski definition) is 0. The van der Waals surface area contributed by atoms with Crippen molar-refractivity contribution in [2.45, 2.75) is 141 Å². The number of terminal acetylenes is 1. The highest BCUT2D eigenvalue weighted by Gasteiger charge is 2.39. The van der Waals surface area contributed by atoms with Gasteiger partial charge in [0.1, 0.15) is 11.9 Å². The lowest BCUT2D eigenvalue weighted by Crippen LogP contribution is -2.43. The molecule has 0 saturated heterocycles. The Hall–Kier alpha value is -2.70. The third kappa shape index (κ3) is 15.1. The van der Waals surface area contributed by atoms with Gasteiger partial charge in [0.25, 0.3) is 0 Å². The van der Waals surface area contributed by atoms with Gasteiger partial charge in [-0.15, -0.1) is 12.3 Å². The summed E-state index contributed by atoms with van der Waals surface area (Å²) in [5.41, 5.74) is 3.62. The van der Waals surface area contributed by atoms with E-state index in [0.29, 0.717) is 32.0 Å². The molecule has 2 heterocycles. The molecule has 0 aromatic heterocycles. The Balaban J connectivity index is 1.74. The summed E-state index contributed by atoms with van der Waals surface area (Å²) in [6.45, 7) is 21.6. The molecule has 7 heteroatoms. The van der Waals surface area contributed by atoms with E-state index in [-0.39, 0.29) is 41.7 Å². The third-order valence-electron chi connectivity index (χ3n) is 10.2. The van der Waals surface area contributed by atoms with Crippen molar-refractivity contribution in [3.05, 3.63) is 90.1 Å². The van der Waals surface area contributed by atoms with Gasteiger partial charge in [-0.25, -0.2) is 0 Å². The minimum absolute atomic E-state index is 0.0239. The van der Waals surface area contributed by atoms with E-state index in [2.05, 4.69) is 103 Å². The maximum absolute atomic E-state index is 7.02. The zero-order chi connectivity index (χ0) is 37.4. The van der Waals surface area contributed by atoms with Crippen LogP contribution < -0.4 is 4.74 Å². The fourth-order valence-corrected chi connectivity index (χ4v) is 7.56. The van der Waals surface area contributed by atoms with Crippen LogP contribution in [0.3, 0.4) is 0 Å². The molecule has 282 valence electrons. The van der Waals surface area contributed by atoms with E-state index >= 15 is 0 Å². The van der Waals surface area contributed by atoms with Gasteiger partial charge in [0.15, 0.2) is 8.32 Å². The van der Waals surface area contributed by atoms with Crippen molar-refractivity contribution >= 4 is 8.32 Å². The van der Waals surface area contributed by atoms with Gasteiger partial charge in [0.2, 0.25) is 0 Å². The average Bonchev–Trinajstić information content (AvgIpc) is 3.06. The second-order valence-electron chi connectivity index (χ2n) is 15.9. The zero-order valence-corrected chi connectivity index (χ0v) is 34.0. The monoisotopic (exact) mass is 718 g/mol. The summed E-state index contributed by atoms with van der Waals surface area (Å²) >= 11 is 0. The summed E-state index contributed by atoms with van der Waals surface area (Å²) in [7, 11) is 1.35. The van der Waals surface area contributed by atoms with E-state index in [4.69, 9.17) is 34.5 Å². The summed E-state index contributed by atoms with van der Waals surface area (Å²) in [6, 6.07) is 8.00. The number of ether oxygens (including phenoxy) is 5. The number of methoxy groups -OCH3 is 2. The van der Waals surface area contributed by atoms with Gasteiger partial charge in [0.05, 0.1) is 50.8 Å². The molecule has 0 amide bonds. The SMILES string of the molecule is C#CC[C@@H]1C=CC[C@@H](C[C@@H](C)CC(=C)CC(/C=C/C[C@H](OCc2ccc(OC)cc2)[C@H](/C=C/[C@@H]2CC(C)=CCO2)OC)O[Si](C)(C)C(C)(C)C)O1. The second kappa shape index (κ2) is 21.1. The molecule has 6 nitrogen and oxygen atoms in total. The predicted octanol–water partition coefficient (Wildman–Crippen LogP) is 10.3. The molecular formula is C44H66O6Si. The van der Waals surface area contributed by atoms with Crippen LogP contribution in [0.25, 0.3) is 0 Å². The first kappa shape index (κ1) is 42.7. The van der Waals surface area contributed by atoms with Gasteiger partial charge in [-0.05, 0) is 87.2 Å². The van der Waals surface area contributed by atoms with Crippen molar-refractivity contribution in [2.75, 3.05) is 20.8 Å². The van der Waals surface area contributed by atoms with Crippen molar-refractivity contribution in [1.29, 1.82) is 0 Å². The van der Waals surface area contributed by atoms with Gasteiger partial charge < -0.3 is 28.1 Å². The molecule has 0 spiro atoms. The predicted molar refractivity (Wildman–Crippen MR) is 213 cm³/mol. The van der Waals surface area contributed by atoms with Gasteiger partial charge in [0, 0.05) is 13.5 Å². The first-order valence-electron chi connectivity index (χ1n) is 18.7. The summed E-state index contributed by atoms with van der Waals surface area (Å²) in [5, 5.41) is 0.0825. The largest absolute Gasteiger partial charge is 0.497 e. The fraction of sp³-hybridized carbons (Fsp3) is 0.591. The lowest BCUT2D eigenvalue weighted by molar-refractivity contribution is -0.0420. The van der Waals surface area contributed by atoms with Crippen LogP contribution in [0.2, 0.25) is 18.1 Å². The van der Waals surface area contributed by atoms with Crippen LogP contribution in [-0.4, -0.2) is 65.8 Å². The molecular weight excluding hydrogens is 653 g/mol. The Kier molecular flexibility index (Phi) is 17.7.